The molecule has 1 aliphatic carbocycles. The van der Waals surface area contributed by atoms with Crippen molar-refractivity contribution in [3.05, 3.63) is 11.8 Å². The number of nitrogens with zero attached hydrogens (tertiary/aromatic N) is 3. The molecule has 4 nitrogen and oxygen atoms in total. The molecule has 0 radical (unpaired) electrons. The first-order chi connectivity index (χ1) is 9.69. The van der Waals surface area contributed by atoms with E-state index in [9.17, 15) is 0 Å². The predicted octanol–water partition coefficient (Wildman–Crippen LogP) is 3.62. The molecule has 1 fully saturated rings. The molecule has 0 amide bonds. The van der Waals surface area contributed by atoms with Crippen molar-refractivity contribution in [2.24, 2.45) is 5.92 Å². The third-order valence-corrected chi connectivity index (χ3v) is 4.02. The van der Waals surface area contributed by atoms with Gasteiger partial charge in [0.05, 0.1) is 0 Å². The van der Waals surface area contributed by atoms with E-state index in [4.69, 9.17) is 0 Å². The number of aromatic nitrogens is 2. The molecule has 0 aliphatic heterocycles. The monoisotopic (exact) mass is 276 g/mol. The van der Waals surface area contributed by atoms with Crippen molar-refractivity contribution in [1.82, 2.24) is 9.97 Å². The highest BCUT2D eigenvalue weighted by molar-refractivity contribution is 5.44. The molecule has 1 aliphatic rings. The lowest BCUT2D eigenvalue weighted by molar-refractivity contribution is 0.361. The van der Waals surface area contributed by atoms with Crippen LogP contribution in [0.2, 0.25) is 0 Å². The maximum Gasteiger partial charge on any atom is 0.224 e. The summed E-state index contributed by atoms with van der Waals surface area (Å²) in [6.45, 7) is 6.23. The zero-order valence-electron chi connectivity index (χ0n) is 13.2. The van der Waals surface area contributed by atoms with E-state index in [1.165, 1.54) is 32.1 Å². The minimum Gasteiger partial charge on any atom is -0.359 e. The van der Waals surface area contributed by atoms with Crippen LogP contribution in [0, 0.1) is 12.8 Å². The van der Waals surface area contributed by atoms with E-state index in [1.807, 2.05) is 6.92 Å². The maximum atomic E-state index is 4.64. The summed E-state index contributed by atoms with van der Waals surface area (Å²) in [6, 6.07) is 2.08. The fraction of sp³-hybridized carbons (Fsp3) is 0.750. The Labute approximate surface area is 123 Å². The van der Waals surface area contributed by atoms with Gasteiger partial charge in [0.25, 0.3) is 0 Å². The first-order valence-electron chi connectivity index (χ1n) is 7.99. The van der Waals surface area contributed by atoms with Crippen molar-refractivity contribution in [2.45, 2.75) is 52.4 Å². The summed E-state index contributed by atoms with van der Waals surface area (Å²) >= 11 is 0. The standard InChI is InChI=1S/C16H28N4/c1-4-10-17-16-18-13(2)11-15(19-16)20(3)12-14-8-6-5-7-9-14/h11,14H,4-10,12H2,1-3H3,(H,17,18,19). The van der Waals surface area contributed by atoms with E-state index >= 15 is 0 Å². The number of nitrogens with one attached hydrogen (secondary N) is 1. The summed E-state index contributed by atoms with van der Waals surface area (Å²) in [5.74, 6) is 2.63. The van der Waals surface area contributed by atoms with Gasteiger partial charge in [-0.25, -0.2) is 4.98 Å². The first kappa shape index (κ1) is 15.1. The van der Waals surface area contributed by atoms with Crippen molar-refractivity contribution in [2.75, 3.05) is 30.4 Å². The Hall–Kier alpha value is -1.32. The second kappa shape index (κ2) is 7.46. The molecule has 0 saturated heterocycles. The molecule has 1 saturated carbocycles. The average molecular weight is 276 g/mol. The summed E-state index contributed by atoms with van der Waals surface area (Å²) in [7, 11) is 2.15. The molecule has 1 heterocycles. The van der Waals surface area contributed by atoms with Gasteiger partial charge in [0.2, 0.25) is 5.95 Å². The molecule has 4 heteroatoms. The van der Waals surface area contributed by atoms with E-state index in [2.05, 4.69) is 40.2 Å². The third kappa shape index (κ3) is 4.36. The average Bonchev–Trinajstić information content (AvgIpc) is 2.45. The number of hydrogen-bond donors (Lipinski definition) is 1. The van der Waals surface area contributed by atoms with Gasteiger partial charge < -0.3 is 10.2 Å². The highest BCUT2D eigenvalue weighted by Gasteiger charge is 2.16. The van der Waals surface area contributed by atoms with Gasteiger partial charge in [-0.15, -0.1) is 0 Å². The second-order valence-electron chi connectivity index (χ2n) is 6.00. The van der Waals surface area contributed by atoms with Crippen molar-refractivity contribution in [1.29, 1.82) is 0 Å². The molecule has 1 N–H and O–H groups in total. The van der Waals surface area contributed by atoms with Crippen LogP contribution in [-0.4, -0.2) is 30.1 Å². The zero-order valence-corrected chi connectivity index (χ0v) is 13.2. The topological polar surface area (TPSA) is 41.1 Å². The minimum atomic E-state index is 0.761. The van der Waals surface area contributed by atoms with Gasteiger partial charge in [0.1, 0.15) is 5.82 Å². The quantitative estimate of drug-likeness (QED) is 0.861. The highest BCUT2D eigenvalue weighted by atomic mass is 15.2. The Balaban J connectivity index is 2.00. The Bertz CT molecular complexity index is 413. The van der Waals surface area contributed by atoms with Gasteiger partial charge in [0, 0.05) is 31.9 Å². The Morgan fingerprint density at radius 1 is 1.25 bits per heavy atom. The molecule has 0 unspecified atom stereocenters. The van der Waals surface area contributed by atoms with Crippen LogP contribution in [0.25, 0.3) is 0 Å². The van der Waals surface area contributed by atoms with Crippen molar-refractivity contribution >= 4 is 11.8 Å². The predicted molar refractivity (Wildman–Crippen MR) is 85.4 cm³/mol. The van der Waals surface area contributed by atoms with Crippen molar-refractivity contribution < 1.29 is 0 Å². The third-order valence-electron chi connectivity index (χ3n) is 4.02. The smallest absolute Gasteiger partial charge is 0.224 e. The Morgan fingerprint density at radius 2 is 2.00 bits per heavy atom. The summed E-state index contributed by atoms with van der Waals surface area (Å²) in [6.07, 6.45) is 8.03. The molecule has 112 valence electrons. The van der Waals surface area contributed by atoms with E-state index < -0.39 is 0 Å². The van der Waals surface area contributed by atoms with Gasteiger partial charge in [-0.1, -0.05) is 26.2 Å². The molecule has 0 spiro atoms. The SMILES string of the molecule is CCCNc1nc(C)cc(N(C)CC2CCCCC2)n1. The summed E-state index contributed by atoms with van der Waals surface area (Å²) in [4.78, 5) is 11.4. The Morgan fingerprint density at radius 3 is 2.70 bits per heavy atom. The van der Waals surface area contributed by atoms with Gasteiger partial charge in [-0.2, -0.15) is 4.98 Å². The van der Waals surface area contributed by atoms with Gasteiger partial charge in [-0.05, 0) is 32.1 Å². The molecule has 0 bridgehead atoms. The molecule has 1 aromatic heterocycles. The molecule has 2 rings (SSSR count). The molecular formula is C16H28N4. The summed E-state index contributed by atoms with van der Waals surface area (Å²) in [5.41, 5.74) is 1.03. The normalized spacial score (nSPS) is 16.1. The van der Waals surface area contributed by atoms with Crippen molar-refractivity contribution in [3.8, 4) is 0 Å². The molecule has 0 aromatic carbocycles. The number of aryl methyl sites for hydroxylation is 1. The van der Waals surface area contributed by atoms with Gasteiger partial charge in [0.15, 0.2) is 0 Å². The number of rotatable bonds is 6. The number of hydrogen-bond acceptors (Lipinski definition) is 4. The highest BCUT2D eigenvalue weighted by Crippen LogP contribution is 2.25. The van der Waals surface area contributed by atoms with Gasteiger partial charge >= 0.3 is 0 Å². The summed E-state index contributed by atoms with van der Waals surface area (Å²) < 4.78 is 0. The lowest BCUT2D eigenvalue weighted by atomic mass is 9.89. The largest absolute Gasteiger partial charge is 0.359 e. The van der Waals surface area contributed by atoms with E-state index in [1.54, 1.807) is 0 Å². The fourth-order valence-corrected chi connectivity index (χ4v) is 2.91. The van der Waals surface area contributed by atoms with Crippen LogP contribution in [0.15, 0.2) is 6.07 Å². The van der Waals surface area contributed by atoms with Crippen LogP contribution >= 0.6 is 0 Å². The summed E-state index contributed by atoms with van der Waals surface area (Å²) in [5, 5.41) is 3.29. The van der Waals surface area contributed by atoms with E-state index in [0.717, 1.165) is 42.9 Å². The van der Waals surface area contributed by atoms with Crippen LogP contribution in [-0.2, 0) is 0 Å². The molecule has 0 atom stereocenters. The van der Waals surface area contributed by atoms with E-state index in [0.29, 0.717) is 0 Å². The number of anilines is 2. The van der Waals surface area contributed by atoms with Crippen molar-refractivity contribution in [3.63, 3.8) is 0 Å². The maximum absolute atomic E-state index is 4.64. The molecular weight excluding hydrogens is 248 g/mol. The van der Waals surface area contributed by atoms with Gasteiger partial charge in [-0.3, -0.25) is 0 Å². The minimum absolute atomic E-state index is 0.761. The Kier molecular flexibility index (Phi) is 5.62. The van der Waals surface area contributed by atoms with Crippen LogP contribution in [0.3, 0.4) is 0 Å². The first-order valence-corrected chi connectivity index (χ1v) is 7.99. The molecule has 1 aromatic rings. The zero-order chi connectivity index (χ0) is 14.4. The van der Waals surface area contributed by atoms with Crippen LogP contribution in [0.5, 0.6) is 0 Å². The van der Waals surface area contributed by atoms with Crippen LogP contribution < -0.4 is 10.2 Å². The lowest BCUT2D eigenvalue weighted by Crippen LogP contribution is -2.28. The second-order valence-corrected chi connectivity index (χ2v) is 6.00. The lowest BCUT2D eigenvalue weighted by Gasteiger charge is -2.28. The fourth-order valence-electron chi connectivity index (χ4n) is 2.91. The van der Waals surface area contributed by atoms with Crippen LogP contribution in [0.1, 0.15) is 51.1 Å². The van der Waals surface area contributed by atoms with E-state index in [-0.39, 0.29) is 0 Å². The van der Waals surface area contributed by atoms with Crippen LogP contribution in [0.4, 0.5) is 11.8 Å². The molecule has 20 heavy (non-hydrogen) atoms.